The lowest BCUT2D eigenvalue weighted by atomic mass is 9.99. The quantitative estimate of drug-likeness (QED) is 0.779. The SMILES string of the molecule is CCCNC(C)CC(C)c1ccnn1C. The van der Waals surface area contributed by atoms with Crippen molar-refractivity contribution in [2.45, 2.75) is 45.6 Å². The topological polar surface area (TPSA) is 29.9 Å². The van der Waals surface area contributed by atoms with Crippen LogP contribution in [0.25, 0.3) is 0 Å². The summed E-state index contributed by atoms with van der Waals surface area (Å²) in [6, 6.07) is 2.69. The van der Waals surface area contributed by atoms with Gasteiger partial charge in [0.15, 0.2) is 0 Å². The molecule has 0 saturated heterocycles. The lowest BCUT2D eigenvalue weighted by Gasteiger charge is -2.18. The van der Waals surface area contributed by atoms with Gasteiger partial charge in [-0.25, -0.2) is 0 Å². The summed E-state index contributed by atoms with van der Waals surface area (Å²) >= 11 is 0. The predicted molar refractivity (Wildman–Crippen MR) is 64.0 cm³/mol. The predicted octanol–water partition coefficient (Wildman–Crippen LogP) is 2.30. The maximum Gasteiger partial charge on any atom is 0.0492 e. The highest BCUT2D eigenvalue weighted by molar-refractivity contribution is 5.06. The maximum absolute atomic E-state index is 4.20. The second kappa shape index (κ2) is 5.91. The smallest absolute Gasteiger partial charge is 0.0492 e. The van der Waals surface area contributed by atoms with E-state index in [1.54, 1.807) is 0 Å². The fourth-order valence-electron chi connectivity index (χ4n) is 1.99. The average Bonchev–Trinajstić information content (AvgIpc) is 2.61. The Morgan fingerprint density at radius 1 is 1.47 bits per heavy atom. The zero-order chi connectivity index (χ0) is 11.3. The molecule has 0 aliphatic rings. The van der Waals surface area contributed by atoms with Crippen molar-refractivity contribution < 1.29 is 0 Å². The van der Waals surface area contributed by atoms with Crippen molar-refractivity contribution in [3.05, 3.63) is 18.0 Å². The summed E-state index contributed by atoms with van der Waals surface area (Å²) in [6.07, 6.45) is 4.24. The van der Waals surface area contributed by atoms with Gasteiger partial charge in [-0.3, -0.25) is 4.68 Å². The van der Waals surface area contributed by atoms with E-state index in [-0.39, 0.29) is 0 Å². The van der Waals surface area contributed by atoms with Crippen molar-refractivity contribution in [2.75, 3.05) is 6.54 Å². The molecule has 86 valence electrons. The molecule has 0 fully saturated rings. The highest BCUT2D eigenvalue weighted by Crippen LogP contribution is 2.19. The normalized spacial score (nSPS) is 15.2. The number of rotatable bonds is 6. The largest absolute Gasteiger partial charge is 0.314 e. The fraction of sp³-hybridized carbons (Fsp3) is 0.750. The van der Waals surface area contributed by atoms with E-state index >= 15 is 0 Å². The Kier molecular flexibility index (Phi) is 4.82. The molecule has 0 spiro atoms. The molecule has 0 saturated carbocycles. The molecular formula is C12H23N3. The van der Waals surface area contributed by atoms with Crippen LogP contribution < -0.4 is 5.32 Å². The molecule has 0 aliphatic carbocycles. The molecule has 1 N–H and O–H groups in total. The minimum Gasteiger partial charge on any atom is -0.314 e. The minimum absolute atomic E-state index is 0.567. The van der Waals surface area contributed by atoms with Crippen molar-refractivity contribution in [1.82, 2.24) is 15.1 Å². The average molecular weight is 209 g/mol. The van der Waals surface area contributed by atoms with E-state index < -0.39 is 0 Å². The second-order valence-corrected chi connectivity index (χ2v) is 4.37. The van der Waals surface area contributed by atoms with E-state index in [0.717, 1.165) is 6.54 Å². The van der Waals surface area contributed by atoms with E-state index in [9.17, 15) is 0 Å². The van der Waals surface area contributed by atoms with Crippen LogP contribution in [0.4, 0.5) is 0 Å². The van der Waals surface area contributed by atoms with E-state index in [0.29, 0.717) is 12.0 Å². The maximum atomic E-state index is 4.20. The Morgan fingerprint density at radius 2 is 2.20 bits per heavy atom. The summed E-state index contributed by atoms with van der Waals surface area (Å²) in [6.45, 7) is 7.83. The van der Waals surface area contributed by atoms with E-state index in [2.05, 4.69) is 37.3 Å². The molecule has 2 unspecified atom stereocenters. The van der Waals surface area contributed by atoms with E-state index in [4.69, 9.17) is 0 Å². The Bertz CT molecular complexity index is 280. The fourth-order valence-corrected chi connectivity index (χ4v) is 1.99. The lowest BCUT2D eigenvalue weighted by Crippen LogP contribution is -2.28. The minimum atomic E-state index is 0.567. The van der Waals surface area contributed by atoms with Crippen LogP contribution in [0.1, 0.15) is 45.2 Å². The third-order valence-electron chi connectivity index (χ3n) is 2.81. The van der Waals surface area contributed by atoms with Gasteiger partial charge in [0.1, 0.15) is 0 Å². The first-order chi connectivity index (χ1) is 7.15. The molecule has 1 aromatic heterocycles. The van der Waals surface area contributed by atoms with Crippen LogP contribution in [-0.2, 0) is 7.05 Å². The van der Waals surface area contributed by atoms with E-state index in [1.165, 1.54) is 18.5 Å². The van der Waals surface area contributed by atoms with Gasteiger partial charge in [-0.2, -0.15) is 5.10 Å². The third-order valence-corrected chi connectivity index (χ3v) is 2.81. The third kappa shape index (κ3) is 3.67. The summed E-state index contributed by atoms with van der Waals surface area (Å²) in [5.74, 6) is 0.567. The standard InChI is InChI=1S/C12H23N3/c1-5-7-13-11(3)9-10(2)12-6-8-14-15(12)4/h6,8,10-11,13H,5,7,9H2,1-4H3. The lowest BCUT2D eigenvalue weighted by molar-refractivity contribution is 0.466. The molecule has 0 bridgehead atoms. The molecule has 0 amide bonds. The van der Waals surface area contributed by atoms with Gasteiger partial charge >= 0.3 is 0 Å². The van der Waals surface area contributed by atoms with Crippen LogP contribution in [0.15, 0.2) is 12.3 Å². The number of aromatic nitrogens is 2. The summed E-state index contributed by atoms with van der Waals surface area (Å²) in [5, 5.41) is 7.72. The van der Waals surface area contributed by atoms with Crippen LogP contribution in [0.5, 0.6) is 0 Å². The molecule has 3 heteroatoms. The van der Waals surface area contributed by atoms with Crippen molar-refractivity contribution in [1.29, 1.82) is 0 Å². The summed E-state index contributed by atoms with van der Waals surface area (Å²) in [5.41, 5.74) is 1.32. The zero-order valence-electron chi connectivity index (χ0n) is 10.3. The monoisotopic (exact) mass is 209 g/mol. The van der Waals surface area contributed by atoms with Crippen LogP contribution in [0.2, 0.25) is 0 Å². The summed E-state index contributed by atoms with van der Waals surface area (Å²) in [4.78, 5) is 0. The first-order valence-electron chi connectivity index (χ1n) is 5.86. The van der Waals surface area contributed by atoms with Crippen LogP contribution in [0.3, 0.4) is 0 Å². The number of hydrogen-bond acceptors (Lipinski definition) is 2. The molecule has 1 heterocycles. The Balaban J connectivity index is 2.42. The first-order valence-corrected chi connectivity index (χ1v) is 5.86. The van der Waals surface area contributed by atoms with Crippen molar-refractivity contribution in [2.24, 2.45) is 7.05 Å². The Morgan fingerprint density at radius 3 is 2.73 bits per heavy atom. The van der Waals surface area contributed by atoms with Crippen molar-refractivity contribution in [3.8, 4) is 0 Å². The van der Waals surface area contributed by atoms with Gasteiger partial charge in [0.05, 0.1) is 0 Å². The first kappa shape index (κ1) is 12.2. The Labute approximate surface area is 92.9 Å². The number of nitrogens with zero attached hydrogens (tertiary/aromatic N) is 2. The summed E-state index contributed by atoms with van der Waals surface area (Å²) < 4.78 is 1.97. The molecule has 0 aliphatic heterocycles. The molecule has 3 nitrogen and oxygen atoms in total. The van der Waals surface area contributed by atoms with Gasteiger partial charge in [-0.1, -0.05) is 13.8 Å². The molecule has 0 radical (unpaired) electrons. The molecule has 15 heavy (non-hydrogen) atoms. The molecule has 1 aromatic rings. The zero-order valence-corrected chi connectivity index (χ0v) is 10.3. The van der Waals surface area contributed by atoms with Gasteiger partial charge in [0.25, 0.3) is 0 Å². The van der Waals surface area contributed by atoms with Crippen LogP contribution >= 0.6 is 0 Å². The van der Waals surface area contributed by atoms with Crippen LogP contribution in [-0.4, -0.2) is 22.4 Å². The molecule has 2 atom stereocenters. The van der Waals surface area contributed by atoms with Gasteiger partial charge in [0, 0.05) is 25.0 Å². The second-order valence-electron chi connectivity index (χ2n) is 4.37. The van der Waals surface area contributed by atoms with Crippen molar-refractivity contribution >= 4 is 0 Å². The highest BCUT2D eigenvalue weighted by Gasteiger charge is 2.12. The van der Waals surface area contributed by atoms with Gasteiger partial charge in [-0.05, 0) is 38.3 Å². The number of nitrogens with one attached hydrogen (secondary N) is 1. The van der Waals surface area contributed by atoms with Gasteiger partial charge in [-0.15, -0.1) is 0 Å². The number of hydrogen-bond donors (Lipinski definition) is 1. The molecular weight excluding hydrogens is 186 g/mol. The summed E-state index contributed by atoms with van der Waals surface area (Å²) in [7, 11) is 2.01. The highest BCUT2D eigenvalue weighted by atomic mass is 15.3. The van der Waals surface area contributed by atoms with E-state index in [1.807, 2.05) is 17.9 Å². The van der Waals surface area contributed by atoms with Crippen LogP contribution in [0, 0.1) is 0 Å². The Hall–Kier alpha value is -0.830. The number of aryl methyl sites for hydroxylation is 1. The van der Waals surface area contributed by atoms with Gasteiger partial charge < -0.3 is 5.32 Å². The van der Waals surface area contributed by atoms with Crippen molar-refractivity contribution in [3.63, 3.8) is 0 Å². The molecule has 1 rings (SSSR count). The van der Waals surface area contributed by atoms with Gasteiger partial charge in [0.2, 0.25) is 0 Å². The molecule has 0 aromatic carbocycles.